The van der Waals surface area contributed by atoms with Crippen LogP contribution in [-0.2, 0) is 11.3 Å². The molecule has 0 aliphatic rings. The van der Waals surface area contributed by atoms with Gasteiger partial charge in [0.05, 0.1) is 24.1 Å². The highest BCUT2D eigenvalue weighted by atomic mass is 32.2. The van der Waals surface area contributed by atoms with E-state index < -0.39 is 0 Å². The predicted octanol–water partition coefficient (Wildman–Crippen LogP) is 4.74. The molecule has 0 aliphatic carbocycles. The fourth-order valence-corrected chi connectivity index (χ4v) is 4.46. The first-order valence-electron chi connectivity index (χ1n) is 10.4. The maximum atomic E-state index is 12.5. The number of amides is 1. The average molecular weight is 447 g/mol. The van der Waals surface area contributed by atoms with Gasteiger partial charge in [-0.05, 0) is 38.5 Å². The van der Waals surface area contributed by atoms with Crippen LogP contribution >= 0.6 is 11.8 Å². The summed E-state index contributed by atoms with van der Waals surface area (Å²) < 4.78 is 7.38. The van der Waals surface area contributed by atoms with Crippen molar-refractivity contribution in [2.24, 2.45) is 0 Å². The molecule has 0 radical (unpaired) electrons. The number of hydrogen-bond acceptors (Lipinski definition) is 5. The smallest absolute Gasteiger partial charge is 0.230 e. The molecule has 32 heavy (non-hydrogen) atoms. The molecule has 164 valence electrons. The predicted molar refractivity (Wildman–Crippen MR) is 128 cm³/mol. The SMILES string of the molecule is COc1ccccc1-c1c(C)nn2c(SCC(=O)NCc3ccc(C)cc3)cc(C)nc12. The summed E-state index contributed by atoms with van der Waals surface area (Å²) in [6.07, 6.45) is 0. The molecule has 4 rings (SSSR count). The molecule has 1 amide bonds. The van der Waals surface area contributed by atoms with E-state index in [0.717, 1.165) is 44.5 Å². The zero-order valence-corrected chi connectivity index (χ0v) is 19.5. The molecule has 0 bridgehead atoms. The summed E-state index contributed by atoms with van der Waals surface area (Å²) in [5.41, 5.74) is 6.67. The van der Waals surface area contributed by atoms with Gasteiger partial charge in [-0.15, -0.1) is 0 Å². The van der Waals surface area contributed by atoms with Gasteiger partial charge in [-0.3, -0.25) is 4.79 Å². The Morgan fingerprint density at radius 2 is 1.84 bits per heavy atom. The van der Waals surface area contributed by atoms with E-state index in [1.165, 1.54) is 17.3 Å². The van der Waals surface area contributed by atoms with E-state index in [4.69, 9.17) is 14.8 Å². The Morgan fingerprint density at radius 3 is 2.59 bits per heavy atom. The van der Waals surface area contributed by atoms with Crippen molar-refractivity contribution in [2.75, 3.05) is 12.9 Å². The number of methoxy groups -OCH3 is 1. The second-order valence-corrected chi connectivity index (χ2v) is 8.68. The van der Waals surface area contributed by atoms with Crippen LogP contribution < -0.4 is 10.1 Å². The number of thioether (sulfide) groups is 1. The van der Waals surface area contributed by atoms with Crippen LogP contribution in [0.2, 0.25) is 0 Å². The van der Waals surface area contributed by atoms with E-state index in [2.05, 4.69) is 5.32 Å². The van der Waals surface area contributed by atoms with E-state index in [0.29, 0.717) is 12.3 Å². The molecule has 6 nitrogen and oxygen atoms in total. The second kappa shape index (κ2) is 9.44. The van der Waals surface area contributed by atoms with Crippen molar-refractivity contribution in [2.45, 2.75) is 32.3 Å². The first-order chi connectivity index (χ1) is 15.5. The van der Waals surface area contributed by atoms with Crippen LogP contribution in [0.25, 0.3) is 16.8 Å². The van der Waals surface area contributed by atoms with E-state index in [1.54, 1.807) is 7.11 Å². The quantitative estimate of drug-likeness (QED) is 0.328. The number of carbonyl (C=O) groups excluding carboxylic acids is 1. The third-order valence-electron chi connectivity index (χ3n) is 5.20. The number of nitrogens with zero attached hydrogens (tertiary/aromatic N) is 3. The lowest BCUT2D eigenvalue weighted by atomic mass is 10.1. The molecule has 0 saturated heterocycles. The summed E-state index contributed by atoms with van der Waals surface area (Å²) in [6, 6.07) is 18.0. The van der Waals surface area contributed by atoms with Crippen LogP contribution in [0, 0.1) is 20.8 Å². The molecular formula is C25H26N4O2S. The molecular weight excluding hydrogens is 420 g/mol. The van der Waals surface area contributed by atoms with Gasteiger partial charge >= 0.3 is 0 Å². The van der Waals surface area contributed by atoms with Crippen LogP contribution in [0.5, 0.6) is 5.75 Å². The molecule has 2 heterocycles. The Hall–Kier alpha value is -3.32. The van der Waals surface area contributed by atoms with E-state index in [9.17, 15) is 4.79 Å². The van der Waals surface area contributed by atoms with Gasteiger partial charge in [-0.25, -0.2) is 9.50 Å². The Labute approximate surface area is 192 Å². The minimum Gasteiger partial charge on any atom is -0.496 e. The third-order valence-corrected chi connectivity index (χ3v) is 6.19. The van der Waals surface area contributed by atoms with E-state index >= 15 is 0 Å². The van der Waals surface area contributed by atoms with Crippen molar-refractivity contribution in [3.8, 4) is 16.9 Å². The summed E-state index contributed by atoms with van der Waals surface area (Å²) >= 11 is 1.45. The number of carbonyl (C=O) groups is 1. The molecule has 0 saturated carbocycles. The van der Waals surface area contributed by atoms with E-state index in [-0.39, 0.29) is 5.91 Å². The molecule has 0 aliphatic heterocycles. The van der Waals surface area contributed by atoms with Crippen LogP contribution in [0.15, 0.2) is 59.6 Å². The van der Waals surface area contributed by atoms with Crippen molar-refractivity contribution in [1.29, 1.82) is 0 Å². The highest BCUT2D eigenvalue weighted by Gasteiger charge is 2.19. The van der Waals surface area contributed by atoms with Gasteiger partial charge in [-0.1, -0.05) is 59.8 Å². The van der Waals surface area contributed by atoms with Gasteiger partial charge in [0.15, 0.2) is 5.65 Å². The fraction of sp³-hybridized carbons (Fsp3) is 0.240. The van der Waals surface area contributed by atoms with Gasteiger partial charge in [0.1, 0.15) is 10.8 Å². The summed E-state index contributed by atoms with van der Waals surface area (Å²) in [4.78, 5) is 17.2. The molecule has 0 fully saturated rings. The molecule has 4 aromatic rings. The zero-order chi connectivity index (χ0) is 22.7. The minimum atomic E-state index is -0.0213. The number of rotatable bonds is 7. The summed E-state index contributed by atoms with van der Waals surface area (Å²) in [5, 5.41) is 8.60. The lowest BCUT2D eigenvalue weighted by Gasteiger charge is -2.09. The topological polar surface area (TPSA) is 68.5 Å². The van der Waals surface area contributed by atoms with Crippen LogP contribution in [0.1, 0.15) is 22.5 Å². The number of aromatic nitrogens is 3. The second-order valence-electron chi connectivity index (χ2n) is 7.68. The van der Waals surface area contributed by atoms with Crippen molar-refractivity contribution in [1.82, 2.24) is 19.9 Å². The highest BCUT2D eigenvalue weighted by Crippen LogP contribution is 2.35. The number of hydrogen-bond donors (Lipinski definition) is 1. The standard InChI is InChI=1S/C25H26N4O2S/c1-16-9-11-19(12-10-16)14-26-22(30)15-32-23-13-17(2)27-25-24(18(3)28-29(23)25)20-7-5-6-8-21(20)31-4/h5-13H,14-15H2,1-4H3,(H,26,30). The number of ether oxygens (including phenoxy) is 1. The molecule has 0 spiro atoms. The number of para-hydroxylation sites is 1. The number of benzene rings is 2. The monoisotopic (exact) mass is 446 g/mol. The molecule has 2 aromatic carbocycles. The zero-order valence-electron chi connectivity index (χ0n) is 18.7. The van der Waals surface area contributed by atoms with Gasteiger partial charge < -0.3 is 10.1 Å². The van der Waals surface area contributed by atoms with Crippen molar-refractivity contribution in [3.05, 3.63) is 77.1 Å². The normalized spacial score (nSPS) is 11.0. The highest BCUT2D eigenvalue weighted by molar-refractivity contribution is 7.99. The van der Waals surface area contributed by atoms with Crippen LogP contribution in [0.3, 0.4) is 0 Å². The lowest BCUT2D eigenvalue weighted by molar-refractivity contribution is -0.118. The molecule has 0 unspecified atom stereocenters. The van der Waals surface area contributed by atoms with Crippen molar-refractivity contribution < 1.29 is 9.53 Å². The first-order valence-corrected chi connectivity index (χ1v) is 11.4. The number of nitrogens with one attached hydrogen (secondary N) is 1. The lowest BCUT2D eigenvalue weighted by Crippen LogP contribution is -2.24. The van der Waals surface area contributed by atoms with Gasteiger partial charge in [0.25, 0.3) is 0 Å². The molecule has 2 aromatic heterocycles. The van der Waals surface area contributed by atoms with Crippen LogP contribution in [0.4, 0.5) is 0 Å². The third kappa shape index (κ3) is 4.62. The fourth-order valence-electron chi connectivity index (χ4n) is 3.58. The van der Waals surface area contributed by atoms with E-state index in [1.807, 2.05) is 79.9 Å². The Morgan fingerprint density at radius 1 is 1.09 bits per heavy atom. The Bertz CT molecular complexity index is 1270. The molecule has 0 atom stereocenters. The minimum absolute atomic E-state index is 0.0213. The Kier molecular flexibility index (Phi) is 6.46. The molecule has 7 heteroatoms. The first kappa shape index (κ1) is 21.9. The number of aryl methyl sites for hydroxylation is 3. The van der Waals surface area contributed by atoms with Crippen molar-refractivity contribution >= 4 is 23.3 Å². The van der Waals surface area contributed by atoms with Gasteiger partial charge in [0, 0.05) is 17.8 Å². The van der Waals surface area contributed by atoms with Crippen LogP contribution in [-0.4, -0.2) is 33.4 Å². The average Bonchev–Trinajstić information content (AvgIpc) is 3.12. The summed E-state index contributed by atoms with van der Waals surface area (Å²) in [7, 11) is 1.66. The van der Waals surface area contributed by atoms with Gasteiger partial charge in [0.2, 0.25) is 5.91 Å². The summed E-state index contributed by atoms with van der Waals surface area (Å²) in [6.45, 7) is 6.49. The maximum Gasteiger partial charge on any atom is 0.230 e. The molecule has 1 N–H and O–H groups in total. The Balaban J connectivity index is 1.56. The largest absolute Gasteiger partial charge is 0.496 e. The van der Waals surface area contributed by atoms with Gasteiger partial charge in [-0.2, -0.15) is 5.10 Å². The maximum absolute atomic E-state index is 12.5. The van der Waals surface area contributed by atoms with Crippen molar-refractivity contribution in [3.63, 3.8) is 0 Å². The number of fused-ring (bicyclic) bond motifs is 1. The summed E-state index contributed by atoms with van der Waals surface area (Å²) in [5.74, 6) is 1.05.